The van der Waals surface area contributed by atoms with E-state index in [0.717, 1.165) is 63.2 Å². The Morgan fingerprint density at radius 3 is 2.96 bits per heavy atom. The highest BCUT2D eigenvalue weighted by atomic mass is 32.1. The molecule has 2 heterocycles. The van der Waals surface area contributed by atoms with Crippen LogP contribution in [0, 0.1) is 11.8 Å². The number of nitrogens with one attached hydrogen (secondary N) is 2. The summed E-state index contributed by atoms with van der Waals surface area (Å²) in [6.07, 6.45) is 4.47. The molecule has 0 aliphatic carbocycles. The molecule has 4 heteroatoms. The first-order valence-electron chi connectivity index (χ1n) is 9.09. The van der Waals surface area contributed by atoms with Crippen molar-refractivity contribution in [1.29, 1.82) is 0 Å². The molecule has 0 atom stereocenters. The molecule has 132 valence electrons. The van der Waals surface area contributed by atoms with Gasteiger partial charge in [0.25, 0.3) is 0 Å². The van der Waals surface area contributed by atoms with Crippen molar-refractivity contribution < 1.29 is 4.74 Å². The van der Waals surface area contributed by atoms with Gasteiger partial charge in [0.05, 0.1) is 0 Å². The minimum Gasteiger partial charge on any atom is -0.490 e. The third-order valence-corrected chi connectivity index (χ3v) is 5.07. The van der Waals surface area contributed by atoms with E-state index in [2.05, 4.69) is 52.1 Å². The predicted octanol–water partition coefficient (Wildman–Crippen LogP) is 3.80. The van der Waals surface area contributed by atoms with E-state index in [4.69, 9.17) is 4.74 Å². The Morgan fingerprint density at radius 2 is 2.12 bits per heavy atom. The molecule has 0 bridgehead atoms. The highest BCUT2D eigenvalue weighted by molar-refractivity contribution is 7.09. The molecule has 0 saturated carbocycles. The zero-order chi connectivity index (χ0) is 17.2. The summed E-state index contributed by atoms with van der Waals surface area (Å²) in [5.41, 5.74) is 1.04. The monoisotopic (exact) mass is 354 g/mol. The molecular formula is C21H26N2OS. The van der Waals surface area contributed by atoms with Crippen LogP contribution in [0.25, 0.3) is 0 Å². The number of unbranched alkanes of at least 4 members (excludes halogenated alkanes) is 1. The summed E-state index contributed by atoms with van der Waals surface area (Å²) in [6.45, 7) is 4.06. The van der Waals surface area contributed by atoms with Crippen LogP contribution in [-0.4, -0.2) is 25.7 Å². The van der Waals surface area contributed by atoms with Crippen LogP contribution < -0.4 is 15.4 Å². The standard InChI is InChI=1S/C21H26N2OS/c1(3-12-23-17-21-9-5-15-25-21)2-6-18-7-4-8-20(16-18)24-19-10-13-22-14-11-19/h4-5,7-9,15-16,19,22-23H,1,3,10-14,17H2. The lowest BCUT2D eigenvalue weighted by molar-refractivity contribution is 0.162. The van der Waals surface area contributed by atoms with Gasteiger partial charge in [0, 0.05) is 23.4 Å². The minimum absolute atomic E-state index is 0.332. The quantitative estimate of drug-likeness (QED) is 0.586. The molecule has 1 aliphatic rings. The first kappa shape index (κ1) is 18.0. The Morgan fingerprint density at radius 1 is 1.20 bits per heavy atom. The van der Waals surface area contributed by atoms with Gasteiger partial charge in [0.15, 0.2) is 0 Å². The van der Waals surface area contributed by atoms with E-state index < -0.39 is 0 Å². The lowest BCUT2D eigenvalue weighted by Gasteiger charge is -2.23. The Balaban J connectivity index is 1.37. The van der Waals surface area contributed by atoms with Gasteiger partial charge in [0.2, 0.25) is 0 Å². The lowest BCUT2D eigenvalue weighted by Crippen LogP contribution is -2.34. The number of ether oxygens (including phenoxy) is 1. The van der Waals surface area contributed by atoms with Crippen LogP contribution in [0.2, 0.25) is 0 Å². The Labute approximate surface area is 154 Å². The van der Waals surface area contributed by atoms with Crippen molar-refractivity contribution in [2.45, 2.75) is 38.3 Å². The molecule has 0 radical (unpaired) electrons. The number of hydrogen-bond acceptors (Lipinski definition) is 4. The lowest BCUT2D eigenvalue weighted by atomic mass is 10.1. The van der Waals surface area contributed by atoms with Gasteiger partial charge >= 0.3 is 0 Å². The summed E-state index contributed by atoms with van der Waals surface area (Å²) in [6, 6.07) is 12.4. The summed E-state index contributed by atoms with van der Waals surface area (Å²) in [5, 5.41) is 8.94. The third-order valence-electron chi connectivity index (χ3n) is 4.19. The van der Waals surface area contributed by atoms with Crippen molar-refractivity contribution in [1.82, 2.24) is 10.6 Å². The van der Waals surface area contributed by atoms with E-state index >= 15 is 0 Å². The van der Waals surface area contributed by atoms with Crippen LogP contribution in [0.3, 0.4) is 0 Å². The summed E-state index contributed by atoms with van der Waals surface area (Å²) in [5.74, 6) is 7.47. The van der Waals surface area contributed by atoms with Gasteiger partial charge in [-0.1, -0.05) is 24.0 Å². The number of rotatable bonds is 7. The molecule has 1 saturated heterocycles. The Kier molecular flexibility index (Phi) is 7.38. The van der Waals surface area contributed by atoms with E-state index in [-0.39, 0.29) is 0 Å². The molecular weight excluding hydrogens is 328 g/mol. The van der Waals surface area contributed by atoms with Crippen molar-refractivity contribution in [3.63, 3.8) is 0 Å². The Hall–Kier alpha value is -1.80. The van der Waals surface area contributed by atoms with Crippen LogP contribution in [0.15, 0.2) is 41.8 Å². The average molecular weight is 355 g/mol. The molecule has 2 aromatic rings. The van der Waals surface area contributed by atoms with Gasteiger partial charge in [-0.15, -0.1) is 11.3 Å². The summed E-state index contributed by atoms with van der Waals surface area (Å²) in [7, 11) is 0. The van der Waals surface area contributed by atoms with Gasteiger partial charge in [-0.05, 0) is 68.5 Å². The number of thiophene rings is 1. The van der Waals surface area contributed by atoms with Crippen molar-refractivity contribution >= 4 is 11.3 Å². The van der Waals surface area contributed by atoms with Crippen molar-refractivity contribution in [2.24, 2.45) is 0 Å². The molecule has 0 amide bonds. The van der Waals surface area contributed by atoms with E-state index in [1.807, 2.05) is 12.1 Å². The first-order valence-corrected chi connectivity index (χ1v) is 9.97. The topological polar surface area (TPSA) is 33.3 Å². The van der Waals surface area contributed by atoms with Crippen LogP contribution in [0.5, 0.6) is 5.75 Å². The number of hydrogen-bond donors (Lipinski definition) is 2. The van der Waals surface area contributed by atoms with Crippen LogP contribution in [-0.2, 0) is 6.54 Å². The molecule has 1 aromatic carbocycles. The second-order valence-electron chi connectivity index (χ2n) is 6.26. The normalized spacial score (nSPS) is 14.7. The number of benzene rings is 1. The molecule has 2 N–H and O–H groups in total. The van der Waals surface area contributed by atoms with Crippen LogP contribution in [0.4, 0.5) is 0 Å². The molecule has 25 heavy (non-hydrogen) atoms. The van der Waals surface area contributed by atoms with Crippen molar-refractivity contribution in [3.05, 3.63) is 52.2 Å². The largest absolute Gasteiger partial charge is 0.490 e. The van der Waals surface area contributed by atoms with Gasteiger partial charge in [-0.2, -0.15) is 0 Å². The maximum atomic E-state index is 6.07. The third kappa shape index (κ3) is 6.55. The first-order chi connectivity index (χ1) is 12.4. The zero-order valence-corrected chi connectivity index (χ0v) is 15.4. The van der Waals surface area contributed by atoms with Gasteiger partial charge in [-0.3, -0.25) is 0 Å². The fourth-order valence-corrected chi connectivity index (χ4v) is 3.52. The van der Waals surface area contributed by atoms with Crippen LogP contribution >= 0.6 is 11.3 Å². The molecule has 1 fully saturated rings. The van der Waals surface area contributed by atoms with Gasteiger partial charge in [0.1, 0.15) is 11.9 Å². The minimum atomic E-state index is 0.332. The van der Waals surface area contributed by atoms with E-state index in [0.29, 0.717) is 6.10 Å². The van der Waals surface area contributed by atoms with E-state index in [1.165, 1.54) is 4.88 Å². The summed E-state index contributed by atoms with van der Waals surface area (Å²) in [4.78, 5) is 1.39. The van der Waals surface area contributed by atoms with E-state index in [9.17, 15) is 0 Å². The SMILES string of the molecule is C(#Cc1cccc(OC2CCNCC2)c1)CCCNCc1cccs1. The maximum absolute atomic E-state index is 6.07. The number of piperidine rings is 1. The predicted molar refractivity (Wildman–Crippen MR) is 105 cm³/mol. The van der Waals surface area contributed by atoms with Crippen LogP contribution in [0.1, 0.15) is 36.1 Å². The average Bonchev–Trinajstić information content (AvgIpc) is 3.16. The highest BCUT2D eigenvalue weighted by Gasteiger charge is 2.14. The molecule has 3 rings (SSSR count). The van der Waals surface area contributed by atoms with Crippen molar-refractivity contribution in [3.8, 4) is 17.6 Å². The van der Waals surface area contributed by atoms with Crippen molar-refractivity contribution in [2.75, 3.05) is 19.6 Å². The van der Waals surface area contributed by atoms with Gasteiger partial charge < -0.3 is 15.4 Å². The highest BCUT2D eigenvalue weighted by Crippen LogP contribution is 2.17. The smallest absolute Gasteiger partial charge is 0.120 e. The second-order valence-corrected chi connectivity index (χ2v) is 7.29. The molecule has 1 aliphatic heterocycles. The molecule has 0 spiro atoms. The van der Waals surface area contributed by atoms with E-state index in [1.54, 1.807) is 11.3 Å². The van der Waals surface area contributed by atoms with Gasteiger partial charge in [-0.25, -0.2) is 0 Å². The Bertz CT molecular complexity index is 681. The fraction of sp³-hybridized carbons (Fsp3) is 0.429. The summed E-state index contributed by atoms with van der Waals surface area (Å²) >= 11 is 1.80. The summed E-state index contributed by atoms with van der Waals surface area (Å²) < 4.78 is 6.07. The maximum Gasteiger partial charge on any atom is 0.120 e. The molecule has 1 aromatic heterocycles. The molecule has 0 unspecified atom stereocenters. The fourth-order valence-electron chi connectivity index (χ4n) is 2.84. The molecule has 3 nitrogen and oxygen atoms in total. The second kappa shape index (κ2) is 10.2. The zero-order valence-electron chi connectivity index (χ0n) is 14.6.